The van der Waals surface area contributed by atoms with Crippen molar-refractivity contribution in [3.8, 4) is 0 Å². The maximum atomic E-state index is 11.7. The number of aliphatic hydroxyl groups is 1. The standard InChI is InChI=1S/C21H22O6S/c1-13(22)25-19-17(23)21(28-15-10-6-3-7-11-15)26-16-12-24-20(27-18(16)19)14-8-4-2-5-9-14/h2-11,16-21,23H,12H2,1H3/t16-,17-,18-,19-,20?,21+/m1/s1. The highest BCUT2D eigenvalue weighted by molar-refractivity contribution is 7.99. The maximum absolute atomic E-state index is 11.7. The molecule has 6 nitrogen and oxygen atoms in total. The Balaban J connectivity index is 1.54. The van der Waals surface area contributed by atoms with Gasteiger partial charge in [0.25, 0.3) is 0 Å². The van der Waals surface area contributed by atoms with Crippen molar-refractivity contribution in [1.29, 1.82) is 0 Å². The number of hydrogen-bond acceptors (Lipinski definition) is 7. The monoisotopic (exact) mass is 402 g/mol. The summed E-state index contributed by atoms with van der Waals surface area (Å²) in [5.41, 5.74) is 0.256. The highest BCUT2D eigenvalue weighted by atomic mass is 32.2. The number of carbonyl (C=O) groups is 1. The van der Waals surface area contributed by atoms with E-state index in [1.807, 2.05) is 60.7 Å². The minimum atomic E-state index is -1.04. The van der Waals surface area contributed by atoms with E-state index in [4.69, 9.17) is 18.9 Å². The van der Waals surface area contributed by atoms with E-state index in [0.29, 0.717) is 0 Å². The fraction of sp³-hybridized carbons (Fsp3) is 0.381. The van der Waals surface area contributed by atoms with Crippen LogP contribution in [0.15, 0.2) is 65.6 Å². The molecule has 0 aromatic heterocycles. The Morgan fingerprint density at radius 1 is 1.07 bits per heavy atom. The van der Waals surface area contributed by atoms with Crippen LogP contribution in [0, 0.1) is 0 Å². The Kier molecular flexibility index (Phi) is 5.99. The summed E-state index contributed by atoms with van der Waals surface area (Å²) in [4.78, 5) is 12.6. The highest BCUT2D eigenvalue weighted by Crippen LogP contribution is 2.39. The normalized spacial score (nSPS) is 32.4. The Morgan fingerprint density at radius 2 is 1.75 bits per heavy atom. The van der Waals surface area contributed by atoms with Gasteiger partial charge in [-0.1, -0.05) is 60.3 Å². The second-order valence-electron chi connectivity index (χ2n) is 6.72. The Bertz CT molecular complexity index is 786. The molecule has 0 aliphatic carbocycles. The van der Waals surface area contributed by atoms with Crippen molar-refractivity contribution in [3.05, 3.63) is 66.2 Å². The van der Waals surface area contributed by atoms with Gasteiger partial charge in [-0.3, -0.25) is 4.79 Å². The molecule has 0 saturated carbocycles. The Hall–Kier alpha value is -1.90. The first-order valence-electron chi connectivity index (χ1n) is 9.16. The van der Waals surface area contributed by atoms with Crippen molar-refractivity contribution in [2.75, 3.05) is 6.61 Å². The molecule has 2 aliphatic heterocycles. The topological polar surface area (TPSA) is 74.2 Å². The lowest BCUT2D eigenvalue weighted by Crippen LogP contribution is -2.62. The summed E-state index contributed by atoms with van der Waals surface area (Å²) in [6.07, 6.45) is -3.55. The number of carbonyl (C=O) groups excluding carboxylic acids is 1. The van der Waals surface area contributed by atoms with E-state index < -0.39 is 42.1 Å². The van der Waals surface area contributed by atoms with Gasteiger partial charge in [0.2, 0.25) is 0 Å². The molecule has 6 atom stereocenters. The lowest BCUT2D eigenvalue weighted by Gasteiger charge is -2.47. The number of hydrogen-bond donors (Lipinski definition) is 1. The summed E-state index contributed by atoms with van der Waals surface area (Å²) in [7, 11) is 0. The molecule has 2 saturated heterocycles. The van der Waals surface area contributed by atoms with Crippen LogP contribution in [-0.2, 0) is 23.7 Å². The third-order valence-corrected chi connectivity index (χ3v) is 5.84. The van der Waals surface area contributed by atoms with Gasteiger partial charge in [-0.05, 0) is 12.1 Å². The van der Waals surface area contributed by atoms with Crippen LogP contribution in [0.2, 0.25) is 0 Å². The van der Waals surface area contributed by atoms with Crippen LogP contribution in [0.1, 0.15) is 18.8 Å². The van der Waals surface area contributed by atoms with E-state index in [-0.39, 0.29) is 6.61 Å². The summed E-state index contributed by atoms with van der Waals surface area (Å²) in [6.45, 7) is 1.60. The highest BCUT2D eigenvalue weighted by Gasteiger charge is 2.51. The molecule has 7 heteroatoms. The summed E-state index contributed by atoms with van der Waals surface area (Å²) < 4.78 is 23.4. The number of benzene rings is 2. The van der Waals surface area contributed by atoms with E-state index in [1.165, 1.54) is 18.7 Å². The van der Waals surface area contributed by atoms with Crippen LogP contribution in [-0.4, -0.2) is 47.5 Å². The van der Waals surface area contributed by atoms with Crippen LogP contribution in [0.5, 0.6) is 0 Å². The summed E-state index contributed by atoms with van der Waals surface area (Å²) in [6, 6.07) is 19.2. The van der Waals surface area contributed by atoms with Crippen LogP contribution < -0.4 is 0 Å². The van der Waals surface area contributed by atoms with E-state index in [2.05, 4.69) is 0 Å². The fourth-order valence-corrected chi connectivity index (χ4v) is 4.47. The number of esters is 1. The van der Waals surface area contributed by atoms with Crippen LogP contribution in [0.3, 0.4) is 0 Å². The zero-order valence-electron chi connectivity index (χ0n) is 15.3. The molecule has 4 rings (SSSR count). The summed E-state index contributed by atoms with van der Waals surface area (Å²) in [5.74, 6) is -0.473. The van der Waals surface area contributed by atoms with Gasteiger partial charge in [-0.25, -0.2) is 0 Å². The minimum Gasteiger partial charge on any atom is -0.457 e. The van der Waals surface area contributed by atoms with Crippen molar-refractivity contribution >= 4 is 17.7 Å². The lowest BCUT2D eigenvalue weighted by molar-refractivity contribution is -0.319. The van der Waals surface area contributed by atoms with Crippen LogP contribution in [0.4, 0.5) is 0 Å². The number of thioether (sulfide) groups is 1. The third kappa shape index (κ3) is 4.24. The smallest absolute Gasteiger partial charge is 0.303 e. The molecule has 0 bridgehead atoms. The molecule has 2 aliphatic rings. The largest absolute Gasteiger partial charge is 0.457 e. The first-order chi connectivity index (χ1) is 13.6. The van der Waals surface area contributed by atoms with E-state index >= 15 is 0 Å². The van der Waals surface area contributed by atoms with E-state index in [1.54, 1.807) is 0 Å². The van der Waals surface area contributed by atoms with Crippen molar-refractivity contribution in [2.45, 2.75) is 48.0 Å². The first kappa shape index (κ1) is 19.4. The molecule has 2 aromatic carbocycles. The van der Waals surface area contributed by atoms with Gasteiger partial charge < -0.3 is 24.1 Å². The lowest BCUT2D eigenvalue weighted by atomic mass is 9.98. The quantitative estimate of drug-likeness (QED) is 0.788. The van der Waals surface area contributed by atoms with Gasteiger partial charge >= 0.3 is 5.97 Å². The molecule has 0 amide bonds. The maximum Gasteiger partial charge on any atom is 0.303 e. The predicted molar refractivity (Wildman–Crippen MR) is 103 cm³/mol. The average molecular weight is 402 g/mol. The van der Waals surface area contributed by atoms with Gasteiger partial charge in [0.15, 0.2) is 12.4 Å². The van der Waals surface area contributed by atoms with Crippen molar-refractivity contribution in [3.63, 3.8) is 0 Å². The minimum absolute atomic E-state index is 0.278. The fourth-order valence-electron chi connectivity index (χ4n) is 3.40. The number of rotatable bonds is 4. The van der Waals surface area contributed by atoms with Crippen molar-refractivity contribution in [2.24, 2.45) is 0 Å². The Morgan fingerprint density at radius 3 is 2.43 bits per heavy atom. The molecule has 1 unspecified atom stereocenters. The molecule has 2 aromatic rings. The van der Waals surface area contributed by atoms with Crippen molar-refractivity contribution in [1.82, 2.24) is 0 Å². The summed E-state index contributed by atoms with van der Waals surface area (Å²) in [5, 5.41) is 10.9. The molecular weight excluding hydrogens is 380 g/mol. The molecule has 1 N–H and O–H groups in total. The molecule has 0 spiro atoms. The van der Waals surface area contributed by atoms with Crippen LogP contribution in [0.25, 0.3) is 0 Å². The molecule has 28 heavy (non-hydrogen) atoms. The summed E-state index contributed by atoms with van der Waals surface area (Å²) >= 11 is 1.38. The van der Waals surface area contributed by atoms with Gasteiger partial charge in [0.1, 0.15) is 23.7 Å². The van der Waals surface area contributed by atoms with Crippen molar-refractivity contribution < 1.29 is 28.8 Å². The van der Waals surface area contributed by atoms with E-state index in [9.17, 15) is 9.90 Å². The Labute approximate surface area is 167 Å². The second kappa shape index (κ2) is 8.63. The molecular formula is C21H22O6S. The molecule has 2 heterocycles. The van der Waals surface area contributed by atoms with Gasteiger partial charge in [0.05, 0.1) is 6.61 Å². The molecule has 0 radical (unpaired) electrons. The van der Waals surface area contributed by atoms with E-state index in [0.717, 1.165) is 10.5 Å². The second-order valence-corrected chi connectivity index (χ2v) is 7.89. The number of fused-ring (bicyclic) bond motifs is 1. The number of aliphatic hydroxyl groups excluding tert-OH is 1. The molecule has 148 valence electrons. The number of ether oxygens (including phenoxy) is 4. The van der Waals surface area contributed by atoms with Gasteiger partial charge in [-0.2, -0.15) is 0 Å². The third-order valence-electron chi connectivity index (χ3n) is 4.68. The van der Waals surface area contributed by atoms with Crippen LogP contribution >= 0.6 is 11.8 Å². The van der Waals surface area contributed by atoms with Gasteiger partial charge in [0, 0.05) is 17.4 Å². The first-order valence-corrected chi connectivity index (χ1v) is 10.0. The zero-order valence-corrected chi connectivity index (χ0v) is 16.2. The zero-order chi connectivity index (χ0) is 19.5. The van der Waals surface area contributed by atoms with Gasteiger partial charge in [-0.15, -0.1) is 0 Å². The average Bonchev–Trinajstić information content (AvgIpc) is 2.72. The SMILES string of the molecule is CC(=O)O[C@@H]1[C@@H](O)[C@H](Sc2ccccc2)O[C@@H]2COC(c3ccccc3)O[C@@H]12. The molecule has 2 fully saturated rings. The predicted octanol–water partition coefficient (Wildman–Crippen LogP) is 2.91.